The quantitative estimate of drug-likeness (QED) is 0.776. The van der Waals surface area contributed by atoms with Gasteiger partial charge in [0, 0.05) is 39.8 Å². The molecule has 0 atom stereocenters. The zero-order valence-corrected chi connectivity index (χ0v) is 12.3. The van der Waals surface area contributed by atoms with Crippen LogP contribution < -0.4 is 21.5 Å². The SMILES string of the molecule is CCCn1nc2c(c1N1CCNCC1)c(=O)[nH]c(=O)n2C. The van der Waals surface area contributed by atoms with Crippen LogP contribution in [0.5, 0.6) is 0 Å². The minimum absolute atomic E-state index is 0.357. The van der Waals surface area contributed by atoms with Gasteiger partial charge in [0.25, 0.3) is 5.56 Å². The molecular formula is C13H20N6O2. The molecule has 0 unspecified atom stereocenters. The Kier molecular flexibility index (Phi) is 3.54. The van der Waals surface area contributed by atoms with E-state index in [4.69, 9.17) is 0 Å². The minimum atomic E-state index is -0.430. The average Bonchev–Trinajstić information content (AvgIpc) is 2.86. The van der Waals surface area contributed by atoms with Gasteiger partial charge >= 0.3 is 5.69 Å². The molecule has 2 aromatic heterocycles. The van der Waals surface area contributed by atoms with Gasteiger partial charge in [-0.2, -0.15) is 5.10 Å². The molecule has 114 valence electrons. The Morgan fingerprint density at radius 3 is 2.62 bits per heavy atom. The molecule has 0 aromatic carbocycles. The second-order valence-electron chi connectivity index (χ2n) is 5.30. The van der Waals surface area contributed by atoms with Crippen LogP contribution in [0.2, 0.25) is 0 Å². The third kappa shape index (κ3) is 2.25. The molecule has 2 aromatic rings. The zero-order chi connectivity index (χ0) is 15.0. The molecule has 1 fully saturated rings. The molecule has 1 aliphatic heterocycles. The summed E-state index contributed by atoms with van der Waals surface area (Å²) in [6.45, 7) is 6.20. The first-order valence-corrected chi connectivity index (χ1v) is 7.29. The van der Waals surface area contributed by atoms with Gasteiger partial charge in [-0.15, -0.1) is 0 Å². The molecule has 0 saturated carbocycles. The highest BCUT2D eigenvalue weighted by molar-refractivity contribution is 5.87. The first-order chi connectivity index (χ1) is 10.1. The highest BCUT2D eigenvalue weighted by Crippen LogP contribution is 2.23. The highest BCUT2D eigenvalue weighted by atomic mass is 16.2. The van der Waals surface area contributed by atoms with Gasteiger partial charge < -0.3 is 10.2 Å². The summed E-state index contributed by atoms with van der Waals surface area (Å²) < 4.78 is 3.25. The van der Waals surface area contributed by atoms with Crippen LogP contribution in [0.3, 0.4) is 0 Å². The average molecular weight is 292 g/mol. The van der Waals surface area contributed by atoms with Crippen molar-refractivity contribution in [1.29, 1.82) is 0 Å². The molecule has 1 aliphatic rings. The number of nitrogens with one attached hydrogen (secondary N) is 2. The van der Waals surface area contributed by atoms with Crippen LogP contribution >= 0.6 is 0 Å². The van der Waals surface area contributed by atoms with Crippen molar-refractivity contribution in [2.75, 3.05) is 31.1 Å². The van der Waals surface area contributed by atoms with E-state index in [2.05, 4.69) is 27.2 Å². The van der Waals surface area contributed by atoms with E-state index >= 15 is 0 Å². The summed E-state index contributed by atoms with van der Waals surface area (Å²) in [5.41, 5.74) is -0.338. The van der Waals surface area contributed by atoms with Crippen LogP contribution in [0, 0.1) is 0 Å². The fourth-order valence-electron chi connectivity index (χ4n) is 2.78. The molecule has 3 rings (SSSR count). The van der Waals surface area contributed by atoms with Gasteiger partial charge in [-0.25, -0.2) is 9.48 Å². The molecule has 0 bridgehead atoms. The monoisotopic (exact) mass is 292 g/mol. The molecule has 0 amide bonds. The van der Waals surface area contributed by atoms with Crippen molar-refractivity contribution in [2.45, 2.75) is 19.9 Å². The van der Waals surface area contributed by atoms with Crippen molar-refractivity contribution in [3.63, 3.8) is 0 Å². The zero-order valence-electron chi connectivity index (χ0n) is 12.3. The van der Waals surface area contributed by atoms with E-state index in [1.54, 1.807) is 7.05 Å². The maximum absolute atomic E-state index is 12.3. The number of aromatic amines is 1. The maximum atomic E-state index is 12.3. The summed E-state index contributed by atoms with van der Waals surface area (Å²) in [5.74, 6) is 0.824. The molecule has 2 N–H and O–H groups in total. The van der Waals surface area contributed by atoms with Gasteiger partial charge in [0.2, 0.25) is 0 Å². The molecule has 0 aliphatic carbocycles. The van der Waals surface area contributed by atoms with E-state index in [0.717, 1.165) is 45.0 Å². The highest BCUT2D eigenvalue weighted by Gasteiger charge is 2.23. The predicted octanol–water partition coefficient (Wildman–Crippen LogP) is -0.757. The fourth-order valence-corrected chi connectivity index (χ4v) is 2.78. The molecular weight excluding hydrogens is 272 g/mol. The van der Waals surface area contributed by atoms with Crippen molar-refractivity contribution >= 4 is 16.9 Å². The first-order valence-electron chi connectivity index (χ1n) is 7.29. The standard InChI is InChI=1S/C13H20N6O2/c1-3-6-19-12(18-7-4-14-5-8-18)9-10(16-19)17(2)13(21)15-11(9)20/h14H,3-8H2,1-2H3,(H,15,20,21). The smallest absolute Gasteiger partial charge is 0.329 e. The summed E-state index contributed by atoms with van der Waals surface area (Å²) >= 11 is 0. The van der Waals surface area contributed by atoms with Crippen molar-refractivity contribution in [3.05, 3.63) is 20.8 Å². The van der Waals surface area contributed by atoms with Crippen molar-refractivity contribution in [2.24, 2.45) is 7.05 Å². The largest absolute Gasteiger partial charge is 0.354 e. The Balaban J connectivity index is 2.28. The molecule has 8 nitrogen and oxygen atoms in total. The van der Waals surface area contributed by atoms with Crippen molar-refractivity contribution < 1.29 is 0 Å². The van der Waals surface area contributed by atoms with E-state index in [-0.39, 0.29) is 5.56 Å². The molecule has 3 heterocycles. The van der Waals surface area contributed by atoms with Crippen molar-refractivity contribution in [3.8, 4) is 0 Å². The number of H-pyrrole nitrogens is 1. The number of anilines is 1. The van der Waals surface area contributed by atoms with Crippen LogP contribution in [-0.4, -0.2) is 45.5 Å². The van der Waals surface area contributed by atoms with Gasteiger partial charge in [-0.05, 0) is 6.42 Å². The van der Waals surface area contributed by atoms with Gasteiger partial charge in [-0.1, -0.05) is 6.92 Å². The third-order valence-corrected chi connectivity index (χ3v) is 3.83. The lowest BCUT2D eigenvalue weighted by Crippen LogP contribution is -2.44. The molecule has 0 radical (unpaired) electrons. The van der Waals surface area contributed by atoms with Crippen LogP contribution in [0.25, 0.3) is 11.0 Å². The molecule has 21 heavy (non-hydrogen) atoms. The lowest BCUT2D eigenvalue weighted by Gasteiger charge is -2.29. The van der Waals surface area contributed by atoms with E-state index in [1.165, 1.54) is 4.57 Å². The summed E-state index contributed by atoms with van der Waals surface area (Å²) in [5, 5.41) is 8.30. The minimum Gasteiger partial charge on any atom is -0.354 e. The summed E-state index contributed by atoms with van der Waals surface area (Å²) in [7, 11) is 1.63. The first kappa shape index (κ1) is 13.9. The van der Waals surface area contributed by atoms with Crippen LogP contribution in [-0.2, 0) is 13.6 Å². The Labute approximate surface area is 121 Å². The number of piperazine rings is 1. The van der Waals surface area contributed by atoms with Gasteiger partial charge in [0.1, 0.15) is 11.2 Å². The number of aryl methyl sites for hydroxylation is 2. The molecule has 0 spiro atoms. The third-order valence-electron chi connectivity index (χ3n) is 3.83. The normalized spacial score (nSPS) is 15.8. The van der Waals surface area contributed by atoms with Gasteiger partial charge in [0.15, 0.2) is 5.65 Å². The number of fused-ring (bicyclic) bond motifs is 1. The summed E-state index contributed by atoms with van der Waals surface area (Å²) in [6.07, 6.45) is 0.916. The lowest BCUT2D eigenvalue weighted by atomic mass is 10.3. The second kappa shape index (κ2) is 5.36. The second-order valence-corrected chi connectivity index (χ2v) is 5.30. The summed E-state index contributed by atoms with van der Waals surface area (Å²) in [6, 6.07) is 0. The van der Waals surface area contributed by atoms with Gasteiger partial charge in [-0.3, -0.25) is 14.3 Å². The number of hydrogen-bond acceptors (Lipinski definition) is 5. The Bertz CT molecular complexity index is 765. The number of nitrogens with zero attached hydrogens (tertiary/aromatic N) is 4. The Morgan fingerprint density at radius 1 is 1.24 bits per heavy atom. The van der Waals surface area contributed by atoms with Crippen LogP contribution in [0.4, 0.5) is 5.82 Å². The summed E-state index contributed by atoms with van der Waals surface area (Å²) in [4.78, 5) is 28.6. The number of aromatic nitrogens is 4. The fraction of sp³-hybridized carbons (Fsp3) is 0.615. The number of hydrogen-bond donors (Lipinski definition) is 2. The van der Waals surface area contributed by atoms with Crippen LogP contribution in [0.1, 0.15) is 13.3 Å². The number of rotatable bonds is 3. The lowest BCUT2D eigenvalue weighted by molar-refractivity contribution is 0.548. The Hall–Kier alpha value is -2.09. The topological polar surface area (TPSA) is 88.0 Å². The van der Waals surface area contributed by atoms with Crippen molar-refractivity contribution in [1.82, 2.24) is 24.6 Å². The molecule has 1 saturated heterocycles. The van der Waals surface area contributed by atoms with E-state index in [1.807, 2.05) is 4.68 Å². The maximum Gasteiger partial charge on any atom is 0.329 e. The van der Waals surface area contributed by atoms with Crippen LogP contribution in [0.15, 0.2) is 9.59 Å². The van der Waals surface area contributed by atoms with E-state index in [0.29, 0.717) is 11.0 Å². The Morgan fingerprint density at radius 2 is 1.95 bits per heavy atom. The van der Waals surface area contributed by atoms with Gasteiger partial charge in [0.05, 0.1) is 0 Å². The predicted molar refractivity (Wildman–Crippen MR) is 81.0 cm³/mol. The molecule has 8 heteroatoms. The van der Waals surface area contributed by atoms with E-state index < -0.39 is 5.69 Å². The van der Waals surface area contributed by atoms with E-state index in [9.17, 15) is 9.59 Å².